The number of benzene rings is 1. The smallest absolute Gasteiger partial charge is 0.410 e. The number of ether oxygens (including phenoxy) is 1. The van der Waals surface area contributed by atoms with Gasteiger partial charge in [0.15, 0.2) is 0 Å². The van der Waals surface area contributed by atoms with Crippen LogP contribution >= 0.6 is 0 Å². The van der Waals surface area contributed by atoms with Crippen LogP contribution in [-0.2, 0) is 11.3 Å². The average molecular weight is 518 g/mol. The largest absolute Gasteiger partial charge is 0.444 e. The fourth-order valence-electron chi connectivity index (χ4n) is 4.72. The Morgan fingerprint density at radius 3 is 2.66 bits per heavy atom. The number of fused-ring (bicyclic) bond motifs is 3. The van der Waals surface area contributed by atoms with Crippen molar-refractivity contribution in [2.24, 2.45) is 0 Å². The van der Waals surface area contributed by atoms with Crippen molar-refractivity contribution in [3.63, 3.8) is 0 Å². The van der Waals surface area contributed by atoms with Gasteiger partial charge < -0.3 is 25.3 Å². The number of likely N-dealkylation sites (tertiary alicyclic amines) is 1. The quantitative estimate of drug-likeness (QED) is 0.375. The van der Waals surface area contributed by atoms with Crippen molar-refractivity contribution in [2.75, 3.05) is 18.4 Å². The molecule has 1 saturated heterocycles. The van der Waals surface area contributed by atoms with E-state index in [-0.39, 0.29) is 23.6 Å². The van der Waals surface area contributed by atoms with Crippen molar-refractivity contribution in [3.8, 4) is 0 Å². The van der Waals surface area contributed by atoms with Gasteiger partial charge in [0, 0.05) is 44.0 Å². The van der Waals surface area contributed by atoms with E-state index in [1.165, 1.54) is 0 Å². The number of pyridine rings is 1. The number of hydrogen-bond donors (Lipinski definition) is 3. The Bertz CT molecular complexity index is 1530. The van der Waals surface area contributed by atoms with Crippen molar-refractivity contribution < 1.29 is 14.3 Å². The Hall–Kier alpha value is -4.41. The van der Waals surface area contributed by atoms with Crippen LogP contribution in [0.4, 0.5) is 15.3 Å². The van der Waals surface area contributed by atoms with Crippen LogP contribution in [0.1, 0.15) is 50.8 Å². The van der Waals surface area contributed by atoms with Crippen molar-refractivity contribution in [1.82, 2.24) is 29.8 Å². The number of anilines is 1. The van der Waals surface area contributed by atoms with Crippen LogP contribution in [0.3, 0.4) is 0 Å². The monoisotopic (exact) mass is 517 g/mol. The molecular formula is C27H31N7O4. The number of nitrogens with one attached hydrogen (secondary N) is 3. The van der Waals surface area contributed by atoms with Gasteiger partial charge in [-0.3, -0.25) is 9.78 Å². The summed E-state index contributed by atoms with van der Waals surface area (Å²) in [6, 6.07) is 10.3. The molecule has 0 unspecified atom stereocenters. The number of nitrogens with zero attached hydrogens (tertiary/aromatic N) is 4. The molecule has 0 spiro atoms. The highest BCUT2D eigenvalue weighted by Crippen LogP contribution is 2.32. The molecule has 198 valence electrons. The standard InChI is InChI=1S/C27H31N7O4/c1-27(2,3)38-26(37)33-12-9-18(10-13-33)21-14-22(35)31-24-23-19(7-4-8-20(23)32-34(21)24)30-25(36)29-16-17-6-5-11-28-15-17/h4-8,11,14-15,18H,9-10,12-13,16H2,1-3H3,(H,31,35)(H2,29,30,36). The Labute approximate surface area is 219 Å². The van der Waals surface area contributed by atoms with Crippen LogP contribution in [0.15, 0.2) is 53.6 Å². The summed E-state index contributed by atoms with van der Waals surface area (Å²) in [4.78, 5) is 46.5. The second-order valence-electron chi connectivity index (χ2n) is 10.4. The Kier molecular flexibility index (Phi) is 6.75. The molecule has 38 heavy (non-hydrogen) atoms. The van der Waals surface area contributed by atoms with Crippen LogP contribution in [-0.4, -0.2) is 55.3 Å². The number of H-pyrrole nitrogens is 1. The van der Waals surface area contributed by atoms with Gasteiger partial charge >= 0.3 is 12.1 Å². The summed E-state index contributed by atoms with van der Waals surface area (Å²) in [5.41, 5.74) is 2.54. The lowest BCUT2D eigenvalue weighted by molar-refractivity contribution is 0.0203. The van der Waals surface area contributed by atoms with E-state index in [0.717, 1.165) is 11.3 Å². The lowest BCUT2D eigenvalue weighted by Gasteiger charge is -2.33. The van der Waals surface area contributed by atoms with E-state index in [9.17, 15) is 14.4 Å². The third kappa shape index (κ3) is 5.46. The third-order valence-corrected chi connectivity index (χ3v) is 6.45. The molecule has 11 nitrogen and oxygen atoms in total. The first kappa shape index (κ1) is 25.2. The molecule has 11 heteroatoms. The summed E-state index contributed by atoms with van der Waals surface area (Å²) in [7, 11) is 0. The highest BCUT2D eigenvalue weighted by atomic mass is 16.6. The van der Waals surface area contributed by atoms with Gasteiger partial charge in [-0.15, -0.1) is 0 Å². The first-order valence-corrected chi connectivity index (χ1v) is 12.6. The molecule has 4 heterocycles. The maximum absolute atomic E-state index is 12.7. The van der Waals surface area contributed by atoms with Crippen LogP contribution in [0.2, 0.25) is 0 Å². The third-order valence-electron chi connectivity index (χ3n) is 6.45. The predicted molar refractivity (Wildman–Crippen MR) is 143 cm³/mol. The molecule has 3 aromatic heterocycles. The number of hydrogen-bond acceptors (Lipinski definition) is 6. The molecule has 0 atom stereocenters. The molecule has 3 N–H and O–H groups in total. The second kappa shape index (κ2) is 10.2. The maximum Gasteiger partial charge on any atom is 0.410 e. The van der Waals surface area contributed by atoms with E-state index in [4.69, 9.17) is 9.84 Å². The highest BCUT2D eigenvalue weighted by molar-refractivity contribution is 6.07. The lowest BCUT2D eigenvalue weighted by Crippen LogP contribution is -2.41. The zero-order valence-corrected chi connectivity index (χ0v) is 21.7. The number of amides is 3. The van der Waals surface area contributed by atoms with Gasteiger partial charge in [0.2, 0.25) is 0 Å². The summed E-state index contributed by atoms with van der Waals surface area (Å²) in [5, 5.41) is 11.1. The molecule has 1 aliphatic heterocycles. The number of piperidine rings is 1. The summed E-state index contributed by atoms with van der Waals surface area (Å²) >= 11 is 0. The van der Waals surface area contributed by atoms with E-state index in [2.05, 4.69) is 20.6 Å². The topological polar surface area (TPSA) is 134 Å². The number of aromatic amines is 1. The van der Waals surface area contributed by atoms with E-state index in [0.29, 0.717) is 54.7 Å². The minimum atomic E-state index is -0.552. The van der Waals surface area contributed by atoms with Crippen LogP contribution in [0.5, 0.6) is 0 Å². The number of urea groups is 1. The zero-order valence-electron chi connectivity index (χ0n) is 21.7. The van der Waals surface area contributed by atoms with Gasteiger partial charge in [-0.2, -0.15) is 5.10 Å². The summed E-state index contributed by atoms with van der Waals surface area (Å²) in [6.45, 7) is 6.92. The zero-order chi connectivity index (χ0) is 26.9. The van der Waals surface area contributed by atoms with Crippen molar-refractivity contribution in [1.29, 1.82) is 0 Å². The molecular weight excluding hydrogens is 486 g/mol. The molecule has 5 rings (SSSR count). The fraction of sp³-hybridized carbons (Fsp3) is 0.370. The highest BCUT2D eigenvalue weighted by Gasteiger charge is 2.29. The van der Waals surface area contributed by atoms with E-state index >= 15 is 0 Å². The number of carbonyl (C=O) groups excluding carboxylic acids is 2. The molecule has 1 aliphatic rings. The lowest BCUT2D eigenvalue weighted by atomic mass is 9.93. The van der Waals surface area contributed by atoms with Gasteiger partial charge in [-0.1, -0.05) is 12.1 Å². The normalized spacial score (nSPS) is 14.6. The van der Waals surface area contributed by atoms with Gasteiger partial charge in [-0.05, 0) is 57.4 Å². The molecule has 0 radical (unpaired) electrons. The minimum Gasteiger partial charge on any atom is -0.444 e. The molecule has 3 amide bonds. The molecule has 4 aromatic rings. The maximum atomic E-state index is 12.7. The molecule has 1 fully saturated rings. The Morgan fingerprint density at radius 2 is 1.95 bits per heavy atom. The van der Waals surface area contributed by atoms with Crippen molar-refractivity contribution >= 4 is 34.4 Å². The van der Waals surface area contributed by atoms with Crippen LogP contribution in [0, 0.1) is 0 Å². The van der Waals surface area contributed by atoms with Crippen molar-refractivity contribution in [3.05, 3.63) is 70.4 Å². The summed E-state index contributed by atoms with van der Waals surface area (Å²) in [5.74, 6) is 0.0342. The van der Waals surface area contributed by atoms with Crippen LogP contribution in [0.25, 0.3) is 16.6 Å². The molecule has 0 aliphatic carbocycles. The first-order valence-electron chi connectivity index (χ1n) is 12.6. The van der Waals surface area contributed by atoms with E-state index in [1.807, 2.05) is 45.0 Å². The van der Waals surface area contributed by atoms with Gasteiger partial charge in [-0.25, -0.2) is 14.1 Å². The molecule has 1 aromatic carbocycles. The van der Waals surface area contributed by atoms with Gasteiger partial charge in [0.25, 0.3) is 5.56 Å². The molecule has 0 saturated carbocycles. The first-order chi connectivity index (χ1) is 18.2. The van der Waals surface area contributed by atoms with Crippen LogP contribution < -0.4 is 16.2 Å². The summed E-state index contributed by atoms with van der Waals surface area (Å²) < 4.78 is 7.25. The van der Waals surface area contributed by atoms with Gasteiger partial charge in [0.1, 0.15) is 11.2 Å². The van der Waals surface area contributed by atoms with Gasteiger partial charge in [0.05, 0.1) is 22.3 Å². The second-order valence-corrected chi connectivity index (χ2v) is 10.4. The number of aromatic nitrogens is 4. The Balaban J connectivity index is 1.38. The van der Waals surface area contributed by atoms with E-state index < -0.39 is 5.60 Å². The molecule has 0 bridgehead atoms. The van der Waals surface area contributed by atoms with E-state index in [1.54, 1.807) is 33.9 Å². The predicted octanol–water partition coefficient (Wildman–Crippen LogP) is 4.01. The Morgan fingerprint density at radius 1 is 1.16 bits per heavy atom. The SMILES string of the molecule is CC(C)(C)OC(=O)N1CCC(c2cc(=O)[nH]c3c4c(NC(=O)NCc5cccnc5)cccc4nn23)CC1. The summed E-state index contributed by atoms with van der Waals surface area (Å²) in [6.07, 6.45) is 4.39. The number of rotatable bonds is 4. The number of carbonyl (C=O) groups is 2. The average Bonchev–Trinajstić information content (AvgIpc) is 3.26. The minimum absolute atomic E-state index is 0.0342. The van der Waals surface area contributed by atoms with Crippen molar-refractivity contribution in [2.45, 2.75) is 51.7 Å². The fourth-order valence-corrected chi connectivity index (χ4v) is 4.72.